The fraction of sp³-hybridized carbons (Fsp3) is 0.474. The summed E-state index contributed by atoms with van der Waals surface area (Å²) in [6.45, 7) is 5.23. The highest BCUT2D eigenvalue weighted by Gasteiger charge is 2.07. The van der Waals surface area contributed by atoms with Gasteiger partial charge in [0.1, 0.15) is 0 Å². The zero-order chi connectivity index (χ0) is 18.6. The summed E-state index contributed by atoms with van der Waals surface area (Å²) in [7, 11) is 3.40. The predicted octanol–water partition coefficient (Wildman–Crippen LogP) is 2.99. The third-order valence-corrected chi connectivity index (χ3v) is 3.71. The molecule has 2 N–H and O–H groups in total. The van der Waals surface area contributed by atoms with Crippen LogP contribution < -0.4 is 10.6 Å². The lowest BCUT2D eigenvalue weighted by molar-refractivity contribution is 0.0698. The van der Waals surface area contributed by atoms with Gasteiger partial charge in [-0.3, -0.25) is 4.99 Å². The molecule has 0 spiro atoms. The van der Waals surface area contributed by atoms with E-state index >= 15 is 0 Å². The Hall–Kier alpha value is -1.65. The van der Waals surface area contributed by atoms with Crippen molar-refractivity contribution in [2.75, 3.05) is 40.5 Å². The van der Waals surface area contributed by atoms with E-state index in [-0.39, 0.29) is 24.0 Å². The van der Waals surface area contributed by atoms with Crippen LogP contribution in [0.3, 0.4) is 0 Å². The second-order valence-electron chi connectivity index (χ2n) is 5.80. The highest BCUT2D eigenvalue weighted by atomic mass is 127. The van der Waals surface area contributed by atoms with Gasteiger partial charge in [-0.2, -0.15) is 0 Å². The summed E-state index contributed by atoms with van der Waals surface area (Å²) in [6, 6.07) is 8.17. The number of methoxy groups -OCH3 is 1. The van der Waals surface area contributed by atoms with E-state index < -0.39 is 0 Å². The highest BCUT2D eigenvalue weighted by molar-refractivity contribution is 14.0. The van der Waals surface area contributed by atoms with Crippen LogP contribution in [0.2, 0.25) is 0 Å². The molecule has 0 saturated carbocycles. The van der Waals surface area contributed by atoms with Crippen LogP contribution >= 0.6 is 24.0 Å². The minimum Gasteiger partial charge on any atom is -0.439 e. The minimum atomic E-state index is 0. The Morgan fingerprint density at radius 3 is 2.63 bits per heavy atom. The fourth-order valence-electron chi connectivity index (χ4n) is 2.25. The number of ether oxygens (including phenoxy) is 2. The van der Waals surface area contributed by atoms with Crippen LogP contribution in [0.25, 0.3) is 11.3 Å². The predicted molar refractivity (Wildman–Crippen MR) is 118 cm³/mol. The summed E-state index contributed by atoms with van der Waals surface area (Å²) >= 11 is 0. The smallest absolute Gasteiger partial charge is 0.214 e. The first-order chi connectivity index (χ1) is 12.7. The molecular formula is C19H29IN4O3. The van der Waals surface area contributed by atoms with Crippen LogP contribution in [0.15, 0.2) is 39.9 Å². The maximum atomic E-state index is 5.80. The molecule has 2 rings (SSSR count). The second kappa shape index (κ2) is 13.5. The molecule has 0 aliphatic heterocycles. The van der Waals surface area contributed by atoms with Crippen LogP contribution in [0.1, 0.15) is 17.9 Å². The van der Waals surface area contributed by atoms with Crippen molar-refractivity contribution in [1.29, 1.82) is 0 Å². The number of nitrogens with zero attached hydrogens (tertiary/aromatic N) is 2. The lowest BCUT2D eigenvalue weighted by atomic mass is 10.1. The largest absolute Gasteiger partial charge is 0.439 e. The van der Waals surface area contributed by atoms with E-state index in [0.29, 0.717) is 38.2 Å². The average molecular weight is 488 g/mol. The number of aliphatic imine (C=N–C) groups is 1. The molecule has 0 aliphatic rings. The zero-order valence-electron chi connectivity index (χ0n) is 16.2. The van der Waals surface area contributed by atoms with Gasteiger partial charge in [0, 0.05) is 32.9 Å². The van der Waals surface area contributed by atoms with Crippen LogP contribution in [-0.4, -0.2) is 51.5 Å². The summed E-state index contributed by atoms with van der Waals surface area (Å²) in [5.41, 5.74) is 2.24. The molecule has 0 fully saturated rings. The maximum Gasteiger partial charge on any atom is 0.214 e. The lowest BCUT2D eigenvalue weighted by Gasteiger charge is -2.10. The van der Waals surface area contributed by atoms with E-state index in [2.05, 4.69) is 39.7 Å². The van der Waals surface area contributed by atoms with E-state index in [1.165, 1.54) is 5.56 Å². The van der Waals surface area contributed by atoms with E-state index in [1.54, 1.807) is 20.4 Å². The zero-order valence-corrected chi connectivity index (χ0v) is 18.5. The van der Waals surface area contributed by atoms with Crippen LogP contribution in [0.5, 0.6) is 0 Å². The van der Waals surface area contributed by atoms with Crippen LogP contribution in [0, 0.1) is 6.92 Å². The molecule has 2 aromatic rings. The maximum absolute atomic E-state index is 5.80. The minimum absolute atomic E-state index is 0. The molecule has 1 aromatic heterocycles. The Morgan fingerprint density at radius 2 is 1.93 bits per heavy atom. The van der Waals surface area contributed by atoms with Gasteiger partial charge in [0.15, 0.2) is 11.7 Å². The standard InChI is InChI=1S/C19H28N4O3.HI/c1-15-5-7-16(8-6-15)17-13-22-18(26-17)14-23-19(20-2)21-9-4-10-25-12-11-24-3;/h5-8,13H,4,9-12,14H2,1-3H3,(H2,20,21,23);1H. The molecule has 0 amide bonds. The first-order valence-electron chi connectivity index (χ1n) is 8.76. The van der Waals surface area contributed by atoms with Crippen LogP contribution in [-0.2, 0) is 16.0 Å². The molecule has 0 unspecified atom stereocenters. The number of rotatable bonds is 10. The van der Waals surface area contributed by atoms with E-state index in [1.807, 2.05) is 12.1 Å². The van der Waals surface area contributed by atoms with Crippen molar-refractivity contribution in [3.05, 3.63) is 41.9 Å². The van der Waals surface area contributed by atoms with Gasteiger partial charge < -0.3 is 24.5 Å². The molecule has 0 bridgehead atoms. The topological polar surface area (TPSA) is 80.9 Å². The summed E-state index contributed by atoms with van der Waals surface area (Å²) in [5.74, 6) is 2.08. The molecule has 0 saturated heterocycles. The number of hydrogen-bond acceptors (Lipinski definition) is 5. The van der Waals surface area contributed by atoms with Crippen molar-refractivity contribution in [3.63, 3.8) is 0 Å². The van der Waals surface area contributed by atoms with Gasteiger partial charge in [-0.25, -0.2) is 4.98 Å². The number of halogens is 1. The van der Waals surface area contributed by atoms with Crippen LogP contribution in [0.4, 0.5) is 0 Å². The molecular weight excluding hydrogens is 459 g/mol. The van der Waals surface area contributed by atoms with Gasteiger partial charge >= 0.3 is 0 Å². The first-order valence-corrected chi connectivity index (χ1v) is 8.76. The van der Waals surface area contributed by atoms with Crippen molar-refractivity contribution in [1.82, 2.24) is 15.6 Å². The fourth-order valence-corrected chi connectivity index (χ4v) is 2.25. The monoisotopic (exact) mass is 488 g/mol. The van der Waals surface area contributed by atoms with E-state index in [0.717, 1.165) is 24.3 Å². The molecule has 1 aromatic carbocycles. The second-order valence-corrected chi connectivity index (χ2v) is 5.80. The number of aromatic nitrogens is 1. The molecule has 7 nitrogen and oxygen atoms in total. The Kier molecular flexibility index (Phi) is 11.7. The average Bonchev–Trinajstić information content (AvgIpc) is 3.13. The van der Waals surface area contributed by atoms with Crippen molar-refractivity contribution >= 4 is 29.9 Å². The summed E-state index contributed by atoms with van der Waals surface area (Å²) < 4.78 is 16.1. The number of hydrogen-bond donors (Lipinski definition) is 2. The van der Waals surface area contributed by atoms with Gasteiger partial charge in [-0.1, -0.05) is 29.8 Å². The third-order valence-electron chi connectivity index (χ3n) is 3.71. The summed E-state index contributed by atoms with van der Waals surface area (Å²) in [5, 5.41) is 6.43. The lowest BCUT2D eigenvalue weighted by Crippen LogP contribution is -2.37. The van der Waals surface area contributed by atoms with Gasteiger partial charge in [0.05, 0.1) is 26.0 Å². The molecule has 0 aliphatic carbocycles. The molecule has 1 heterocycles. The molecule has 0 radical (unpaired) electrons. The Labute approximate surface area is 178 Å². The molecule has 0 atom stereocenters. The Balaban J connectivity index is 0.00000364. The molecule has 150 valence electrons. The Morgan fingerprint density at radius 1 is 1.15 bits per heavy atom. The Bertz CT molecular complexity index is 674. The summed E-state index contributed by atoms with van der Waals surface area (Å²) in [4.78, 5) is 8.50. The first kappa shape index (κ1) is 23.4. The van der Waals surface area contributed by atoms with E-state index in [4.69, 9.17) is 13.9 Å². The quantitative estimate of drug-likeness (QED) is 0.232. The summed E-state index contributed by atoms with van der Waals surface area (Å²) in [6.07, 6.45) is 2.64. The number of guanidine groups is 1. The van der Waals surface area contributed by atoms with Crippen molar-refractivity contribution < 1.29 is 13.9 Å². The van der Waals surface area contributed by atoms with Crippen molar-refractivity contribution in [2.24, 2.45) is 4.99 Å². The van der Waals surface area contributed by atoms with Crippen molar-refractivity contribution in [2.45, 2.75) is 19.9 Å². The number of aryl methyl sites for hydroxylation is 1. The van der Waals surface area contributed by atoms with Crippen molar-refractivity contribution in [3.8, 4) is 11.3 Å². The third kappa shape index (κ3) is 8.72. The van der Waals surface area contributed by atoms with Gasteiger partial charge in [0.25, 0.3) is 0 Å². The highest BCUT2D eigenvalue weighted by Crippen LogP contribution is 2.20. The molecule has 27 heavy (non-hydrogen) atoms. The number of oxazole rings is 1. The normalized spacial score (nSPS) is 11.1. The number of nitrogens with one attached hydrogen (secondary N) is 2. The SMILES string of the molecule is CN=C(NCCCOCCOC)NCc1ncc(-c2ccc(C)cc2)o1.I. The van der Waals surface area contributed by atoms with E-state index in [9.17, 15) is 0 Å². The van der Waals surface area contributed by atoms with Gasteiger partial charge in [-0.15, -0.1) is 24.0 Å². The van der Waals surface area contributed by atoms with Gasteiger partial charge in [-0.05, 0) is 13.3 Å². The molecule has 8 heteroatoms. The number of benzene rings is 1. The van der Waals surface area contributed by atoms with Gasteiger partial charge in [0.2, 0.25) is 5.89 Å².